The summed E-state index contributed by atoms with van der Waals surface area (Å²) in [6.07, 6.45) is 4.31. The normalized spacial score (nSPS) is 11.8. The van der Waals surface area contributed by atoms with Gasteiger partial charge in [0.15, 0.2) is 0 Å². The standard InChI is InChI=1S/C12H17NS/c1-4-5-12(13-2)10-6-8-11(14-3)9-7-10/h6-9H,4-5H2,1-3H3. The smallest absolute Gasteiger partial charge is 0.0417 e. The van der Waals surface area contributed by atoms with E-state index in [4.69, 9.17) is 0 Å². The van der Waals surface area contributed by atoms with Gasteiger partial charge in [0, 0.05) is 17.7 Å². The lowest BCUT2D eigenvalue weighted by molar-refractivity contribution is 0.989. The summed E-state index contributed by atoms with van der Waals surface area (Å²) in [5.74, 6) is 0. The topological polar surface area (TPSA) is 12.4 Å². The predicted molar refractivity (Wildman–Crippen MR) is 65.6 cm³/mol. The first kappa shape index (κ1) is 11.3. The molecule has 2 heteroatoms. The maximum atomic E-state index is 4.31. The number of benzene rings is 1. The molecule has 1 rings (SSSR count). The first-order valence-electron chi connectivity index (χ1n) is 4.92. The van der Waals surface area contributed by atoms with Crippen LogP contribution in [0.25, 0.3) is 0 Å². The number of nitrogens with zero attached hydrogens (tertiary/aromatic N) is 1. The van der Waals surface area contributed by atoms with Crippen LogP contribution in [0.2, 0.25) is 0 Å². The monoisotopic (exact) mass is 207 g/mol. The molecule has 0 atom stereocenters. The molecule has 0 spiro atoms. The van der Waals surface area contributed by atoms with Gasteiger partial charge in [0.05, 0.1) is 0 Å². The van der Waals surface area contributed by atoms with Crippen LogP contribution in [0, 0.1) is 0 Å². The van der Waals surface area contributed by atoms with E-state index in [9.17, 15) is 0 Å². The molecule has 0 heterocycles. The van der Waals surface area contributed by atoms with E-state index in [0.717, 1.165) is 12.8 Å². The van der Waals surface area contributed by atoms with Crippen LogP contribution in [-0.2, 0) is 0 Å². The second-order valence-corrected chi connectivity index (χ2v) is 4.03. The molecule has 0 saturated heterocycles. The Morgan fingerprint density at radius 1 is 1.29 bits per heavy atom. The van der Waals surface area contributed by atoms with Gasteiger partial charge < -0.3 is 0 Å². The van der Waals surface area contributed by atoms with Gasteiger partial charge in [-0.05, 0) is 30.4 Å². The average molecular weight is 207 g/mol. The molecule has 76 valence electrons. The summed E-state index contributed by atoms with van der Waals surface area (Å²) in [6, 6.07) is 8.62. The van der Waals surface area contributed by atoms with Crippen molar-refractivity contribution in [3.05, 3.63) is 29.8 Å². The van der Waals surface area contributed by atoms with Crippen LogP contribution in [0.1, 0.15) is 25.3 Å². The number of thioether (sulfide) groups is 1. The van der Waals surface area contributed by atoms with Crippen molar-refractivity contribution < 1.29 is 0 Å². The molecule has 0 aromatic heterocycles. The molecule has 0 aliphatic rings. The van der Waals surface area contributed by atoms with Gasteiger partial charge in [-0.3, -0.25) is 4.99 Å². The van der Waals surface area contributed by atoms with Gasteiger partial charge >= 0.3 is 0 Å². The number of aliphatic imine (C=N–C) groups is 1. The molecule has 1 aromatic rings. The lowest BCUT2D eigenvalue weighted by Gasteiger charge is -2.04. The summed E-state index contributed by atoms with van der Waals surface area (Å²) in [6.45, 7) is 2.18. The number of hydrogen-bond donors (Lipinski definition) is 0. The van der Waals surface area contributed by atoms with E-state index < -0.39 is 0 Å². The zero-order valence-electron chi connectivity index (χ0n) is 9.08. The molecule has 0 saturated carbocycles. The Hall–Kier alpha value is -0.760. The minimum Gasteiger partial charge on any atom is -0.292 e. The van der Waals surface area contributed by atoms with Crippen LogP contribution in [0.15, 0.2) is 34.2 Å². The fraction of sp³-hybridized carbons (Fsp3) is 0.417. The van der Waals surface area contributed by atoms with E-state index in [0.29, 0.717) is 0 Å². The summed E-state index contributed by atoms with van der Waals surface area (Å²) >= 11 is 1.77. The second-order valence-electron chi connectivity index (χ2n) is 3.15. The van der Waals surface area contributed by atoms with Gasteiger partial charge in [0.2, 0.25) is 0 Å². The van der Waals surface area contributed by atoms with Crippen molar-refractivity contribution in [1.82, 2.24) is 0 Å². The Bertz CT molecular complexity index is 301. The van der Waals surface area contributed by atoms with Gasteiger partial charge in [0.25, 0.3) is 0 Å². The van der Waals surface area contributed by atoms with Crippen LogP contribution >= 0.6 is 11.8 Å². The van der Waals surface area contributed by atoms with Crippen molar-refractivity contribution in [2.24, 2.45) is 4.99 Å². The van der Waals surface area contributed by atoms with Crippen molar-refractivity contribution in [2.75, 3.05) is 13.3 Å². The third-order valence-electron chi connectivity index (χ3n) is 2.18. The number of rotatable bonds is 4. The Morgan fingerprint density at radius 2 is 1.93 bits per heavy atom. The van der Waals surface area contributed by atoms with Crippen LogP contribution in [0.3, 0.4) is 0 Å². The molecule has 0 bridgehead atoms. The van der Waals surface area contributed by atoms with Gasteiger partial charge in [0.1, 0.15) is 0 Å². The Labute approximate surface area is 90.6 Å². The van der Waals surface area contributed by atoms with Gasteiger partial charge in [-0.15, -0.1) is 11.8 Å². The molecule has 0 radical (unpaired) electrons. The summed E-state index contributed by atoms with van der Waals surface area (Å²) in [5.41, 5.74) is 2.47. The van der Waals surface area contributed by atoms with Crippen molar-refractivity contribution >= 4 is 17.5 Å². The molecule has 0 fully saturated rings. The second kappa shape index (κ2) is 5.86. The average Bonchev–Trinajstić information content (AvgIpc) is 2.26. The molecule has 1 nitrogen and oxygen atoms in total. The maximum absolute atomic E-state index is 4.31. The quantitative estimate of drug-likeness (QED) is 0.542. The summed E-state index contributed by atoms with van der Waals surface area (Å²) < 4.78 is 0. The first-order chi connectivity index (χ1) is 6.81. The fourth-order valence-electron chi connectivity index (χ4n) is 1.41. The van der Waals surface area contributed by atoms with Crippen LogP contribution in [0.4, 0.5) is 0 Å². The molecule has 1 aromatic carbocycles. The highest BCUT2D eigenvalue weighted by Crippen LogP contribution is 2.16. The SMILES string of the molecule is CCCC(=NC)c1ccc(SC)cc1. The highest BCUT2D eigenvalue weighted by atomic mass is 32.2. The van der Waals surface area contributed by atoms with E-state index >= 15 is 0 Å². The molecular weight excluding hydrogens is 190 g/mol. The lowest BCUT2D eigenvalue weighted by Crippen LogP contribution is -1.99. The zero-order chi connectivity index (χ0) is 10.4. The summed E-state index contributed by atoms with van der Waals surface area (Å²) in [4.78, 5) is 5.62. The summed E-state index contributed by atoms with van der Waals surface area (Å²) in [7, 11) is 1.87. The predicted octanol–water partition coefficient (Wildman–Crippen LogP) is 3.63. The minimum absolute atomic E-state index is 1.06. The molecular formula is C12H17NS. The van der Waals surface area contributed by atoms with Crippen LogP contribution in [0.5, 0.6) is 0 Å². The first-order valence-corrected chi connectivity index (χ1v) is 6.14. The van der Waals surface area contributed by atoms with E-state index in [-0.39, 0.29) is 0 Å². The zero-order valence-corrected chi connectivity index (χ0v) is 9.90. The Kier molecular flexibility index (Phi) is 4.74. The van der Waals surface area contributed by atoms with Gasteiger partial charge in [-0.1, -0.05) is 25.5 Å². The third-order valence-corrected chi connectivity index (χ3v) is 2.92. The Morgan fingerprint density at radius 3 is 2.36 bits per heavy atom. The van der Waals surface area contributed by atoms with Crippen molar-refractivity contribution in [2.45, 2.75) is 24.7 Å². The van der Waals surface area contributed by atoms with E-state index in [1.807, 2.05) is 7.05 Å². The van der Waals surface area contributed by atoms with Crippen LogP contribution < -0.4 is 0 Å². The third kappa shape index (κ3) is 2.88. The van der Waals surface area contributed by atoms with Crippen molar-refractivity contribution in [3.63, 3.8) is 0 Å². The van der Waals surface area contributed by atoms with E-state index in [1.54, 1.807) is 11.8 Å². The fourth-order valence-corrected chi connectivity index (χ4v) is 1.81. The van der Waals surface area contributed by atoms with Gasteiger partial charge in [-0.25, -0.2) is 0 Å². The molecule has 0 N–H and O–H groups in total. The molecule has 0 aliphatic carbocycles. The number of hydrogen-bond acceptors (Lipinski definition) is 2. The molecule has 0 amide bonds. The lowest BCUT2D eigenvalue weighted by atomic mass is 10.1. The van der Waals surface area contributed by atoms with E-state index in [2.05, 4.69) is 42.4 Å². The highest BCUT2D eigenvalue weighted by Gasteiger charge is 2.00. The molecule has 0 aliphatic heterocycles. The van der Waals surface area contributed by atoms with Crippen LogP contribution in [-0.4, -0.2) is 19.0 Å². The highest BCUT2D eigenvalue weighted by molar-refractivity contribution is 7.98. The van der Waals surface area contributed by atoms with Crippen molar-refractivity contribution in [3.8, 4) is 0 Å². The largest absolute Gasteiger partial charge is 0.292 e. The summed E-state index contributed by atoms with van der Waals surface area (Å²) in [5, 5.41) is 0. The van der Waals surface area contributed by atoms with Crippen molar-refractivity contribution in [1.29, 1.82) is 0 Å². The molecule has 0 unspecified atom stereocenters. The van der Waals surface area contributed by atoms with Gasteiger partial charge in [-0.2, -0.15) is 0 Å². The van der Waals surface area contributed by atoms with E-state index in [1.165, 1.54) is 16.2 Å². The minimum atomic E-state index is 1.06. The maximum Gasteiger partial charge on any atom is 0.0417 e. The molecule has 14 heavy (non-hydrogen) atoms. The Balaban J connectivity index is 2.84.